The molecular formula is C16H29NO2. The number of hydrogen-bond acceptors (Lipinski definition) is 2. The lowest BCUT2D eigenvalue weighted by Gasteiger charge is -2.39. The van der Waals surface area contributed by atoms with E-state index in [0.29, 0.717) is 11.8 Å². The van der Waals surface area contributed by atoms with Crippen LogP contribution in [-0.2, 0) is 4.74 Å². The van der Waals surface area contributed by atoms with Crippen molar-refractivity contribution in [1.29, 1.82) is 0 Å². The van der Waals surface area contributed by atoms with E-state index in [4.69, 9.17) is 10.5 Å². The van der Waals surface area contributed by atoms with Gasteiger partial charge in [-0.1, -0.05) is 39.5 Å². The molecule has 2 N–H and O–H groups in total. The van der Waals surface area contributed by atoms with Gasteiger partial charge in [0.1, 0.15) is 6.10 Å². The van der Waals surface area contributed by atoms with Gasteiger partial charge in [0.25, 0.3) is 0 Å². The normalized spacial score (nSPS) is 37.6. The smallest absolute Gasteiger partial charge is 0.404 e. The number of nitrogens with two attached hydrogens (primary N) is 1. The van der Waals surface area contributed by atoms with Gasteiger partial charge < -0.3 is 10.5 Å². The molecule has 0 heterocycles. The van der Waals surface area contributed by atoms with E-state index in [1.807, 2.05) is 0 Å². The summed E-state index contributed by atoms with van der Waals surface area (Å²) in [5.74, 6) is 2.75. The Bertz CT molecular complexity index is 267. The number of rotatable bonds is 3. The molecule has 0 aliphatic heterocycles. The Hall–Kier alpha value is -0.730. The molecule has 2 rings (SSSR count). The SMILES string of the molecule is CC1CCC(C(OC(N)=O)C2CCC(C)CC2)CC1. The highest BCUT2D eigenvalue weighted by Crippen LogP contribution is 2.39. The van der Waals surface area contributed by atoms with Crippen molar-refractivity contribution in [3.05, 3.63) is 0 Å². The maximum atomic E-state index is 11.2. The summed E-state index contributed by atoms with van der Waals surface area (Å²) in [7, 11) is 0. The Balaban J connectivity index is 1.96. The molecule has 3 heteroatoms. The standard InChI is InChI=1S/C16H29NO2/c1-11-3-7-13(8-4-11)15(19-16(17)18)14-9-5-12(2)6-10-14/h11-15H,3-10H2,1-2H3,(H2,17,18). The maximum absolute atomic E-state index is 11.2. The summed E-state index contributed by atoms with van der Waals surface area (Å²) in [4.78, 5) is 11.2. The van der Waals surface area contributed by atoms with Crippen LogP contribution in [0.5, 0.6) is 0 Å². The molecule has 2 aliphatic carbocycles. The molecule has 0 aromatic rings. The quantitative estimate of drug-likeness (QED) is 0.836. The first-order valence-corrected chi connectivity index (χ1v) is 8.02. The van der Waals surface area contributed by atoms with Crippen molar-refractivity contribution in [3.8, 4) is 0 Å². The molecule has 0 aromatic carbocycles. The van der Waals surface area contributed by atoms with Crippen LogP contribution in [0.15, 0.2) is 0 Å². The van der Waals surface area contributed by atoms with Crippen LogP contribution in [0.3, 0.4) is 0 Å². The average molecular weight is 267 g/mol. The Morgan fingerprint density at radius 3 is 1.58 bits per heavy atom. The third-order valence-electron chi connectivity index (χ3n) is 5.30. The van der Waals surface area contributed by atoms with E-state index >= 15 is 0 Å². The van der Waals surface area contributed by atoms with Crippen molar-refractivity contribution >= 4 is 6.09 Å². The molecule has 0 saturated heterocycles. The summed E-state index contributed by atoms with van der Waals surface area (Å²) in [5, 5.41) is 0. The number of amides is 1. The largest absolute Gasteiger partial charge is 0.446 e. The lowest BCUT2D eigenvalue weighted by Crippen LogP contribution is -2.39. The van der Waals surface area contributed by atoms with Crippen LogP contribution in [-0.4, -0.2) is 12.2 Å². The summed E-state index contributed by atoms with van der Waals surface area (Å²) in [5.41, 5.74) is 5.30. The highest BCUT2D eigenvalue weighted by atomic mass is 16.6. The first kappa shape index (κ1) is 14.7. The molecule has 2 fully saturated rings. The van der Waals surface area contributed by atoms with Crippen LogP contribution in [0.4, 0.5) is 4.79 Å². The lowest BCUT2D eigenvalue weighted by atomic mass is 9.72. The average Bonchev–Trinajstić information content (AvgIpc) is 2.38. The second-order valence-electron chi connectivity index (χ2n) is 6.94. The molecule has 19 heavy (non-hydrogen) atoms. The molecule has 0 aromatic heterocycles. The molecular weight excluding hydrogens is 238 g/mol. The minimum atomic E-state index is -0.581. The van der Waals surface area contributed by atoms with Crippen LogP contribution in [0.1, 0.15) is 65.2 Å². The van der Waals surface area contributed by atoms with Crippen molar-refractivity contribution in [2.75, 3.05) is 0 Å². The van der Waals surface area contributed by atoms with Crippen LogP contribution in [0.25, 0.3) is 0 Å². The van der Waals surface area contributed by atoms with Crippen LogP contribution in [0, 0.1) is 23.7 Å². The van der Waals surface area contributed by atoms with Crippen molar-refractivity contribution in [1.82, 2.24) is 0 Å². The van der Waals surface area contributed by atoms with E-state index in [0.717, 1.165) is 11.8 Å². The van der Waals surface area contributed by atoms with Gasteiger partial charge in [-0.15, -0.1) is 0 Å². The van der Waals surface area contributed by atoms with Crippen LogP contribution < -0.4 is 5.73 Å². The molecule has 0 bridgehead atoms. The van der Waals surface area contributed by atoms with Crippen LogP contribution >= 0.6 is 0 Å². The second kappa shape index (κ2) is 6.62. The van der Waals surface area contributed by atoms with Gasteiger partial charge in [0.15, 0.2) is 0 Å². The van der Waals surface area contributed by atoms with E-state index in [2.05, 4.69) is 13.8 Å². The molecule has 2 aliphatic rings. The Labute approximate surface area is 117 Å². The van der Waals surface area contributed by atoms with Gasteiger partial charge in [0, 0.05) is 0 Å². The molecule has 2 saturated carbocycles. The van der Waals surface area contributed by atoms with Gasteiger partial charge in [-0.3, -0.25) is 0 Å². The van der Waals surface area contributed by atoms with Crippen molar-refractivity contribution in [3.63, 3.8) is 0 Å². The topological polar surface area (TPSA) is 52.3 Å². The lowest BCUT2D eigenvalue weighted by molar-refractivity contribution is -0.00481. The van der Waals surface area contributed by atoms with E-state index in [9.17, 15) is 4.79 Å². The summed E-state index contributed by atoms with van der Waals surface area (Å²) in [6.45, 7) is 4.64. The zero-order valence-corrected chi connectivity index (χ0v) is 12.4. The predicted molar refractivity (Wildman–Crippen MR) is 76.7 cm³/mol. The third kappa shape index (κ3) is 4.12. The molecule has 3 nitrogen and oxygen atoms in total. The van der Waals surface area contributed by atoms with E-state index in [1.165, 1.54) is 51.4 Å². The highest BCUT2D eigenvalue weighted by Gasteiger charge is 2.35. The van der Waals surface area contributed by atoms with Crippen LogP contribution in [0.2, 0.25) is 0 Å². The van der Waals surface area contributed by atoms with Gasteiger partial charge in [0.2, 0.25) is 0 Å². The van der Waals surface area contributed by atoms with Gasteiger partial charge in [0.05, 0.1) is 0 Å². The zero-order valence-electron chi connectivity index (χ0n) is 12.4. The number of carbonyl (C=O) groups is 1. The fourth-order valence-electron chi connectivity index (χ4n) is 3.94. The first-order valence-electron chi connectivity index (χ1n) is 8.02. The molecule has 0 spiro atoms. The second-order valence-corrected chi connectivity index (χ2v) is 6.94. The van der Waals surface area contributed by atoms with E-state index < -0.39 is 6.09 Å². The predicted octanol–water partition coefficient (Wildman–Crippen LogP) is 4.10. The fourth-order valence-corrected chi connectivity index (χ4v) is 3.94. The number of carbonyl (C=O) groups excluding carboxylic acids is 1. The van der Waals surface area contributed by atoms with E-state index in [-0.39, 0.29) is 6.10 Å². The molecule has 0 unspecified atom stereocenters. The molecule has 110 valence electrons. The van der Waals surface area contributed by atoms with Gasteiger partial charge in [-0.2, -0.15) is 0 Å². The fraction of sp³-hybridized carbons (Fsp3) is 0.938. The molecule has 1 amide bonds. The Morgan fingerprint density at radius 2 is 1.26 bits per heavy atom. The van der Waals surface area contributed by atoms with E-state index in [1.54, 1.807) is 0 Å². The van der Waals surface area contributed by atoms with Gasteiger partial charge in [-0.05, 0) is 49.4 Å². The first-order chi connectivity index (χ1) is 9.06. The third-order valence-corrected chi connectivity index (χ3v) is 5.30. The molecule has 0 radical (unpaired) electrons. The minimum Gasteiger partial charge on any atom is -0.446 e. The van der Waals surface area contributed by atoms with Gasteiger partial charge in [-0.25, -0.2) is 4.79 Å². The summed E-state index contributed by atoms with van der Waals surface area (Å²) in [6.07, 6.45) is 9.38. The Kier molecular flexibility index (Phi) is 5.12. The van der Waals surface area contributed by atoms with Crippen molar-refractivity contribution < 1.29 is 9.53 Å². The minimum absolute atomic E-state index is 0.0810. The monoisotopic (exact) mass is 267 g/mol. The highest BCUT2D eigenvalue weighted by molar-refractivity contribution is 5.64. The summed E-state index contributed by atoms with van der Waals surface area (Å²) < 4.78 is 5.54. The van der Waals surface area contributed by atoms with Crippen molar-refractivity contribution in [2.24, 2.45) is 29.4 Å². The number of ether oxygens (including phenoxy) is 1. The number of primary amides is 1. The zero-order chi connectivity index (χ0) is 13.8. The Morgan fingerprint density at radius 1 is 0.895 bits per heavy atom. The maximum Gasteiger partial charge on any atom is 0.404 e. The van der Waals surface area contributed by atoms with Crippen molar-refractivity contribution in [2.45, 2.75) is 71.3 Å². The van der Waals surface area contributed by atoms with Gasteiger partial charge >= 0.3 is 6.09 Å². The number of hydrogen-bond donors (Lipinski definition) is 1. The summed E-state index contributed by atoms with van der Waals surface area (Å²) in [6, 6.07) is 0. The molecule has 0 atom stereocenters. The summed E-state index contributed by atoms with van der Waals surface area (Å²) >= 11 is 0.